The number of nitrogens with zero attached hydrogens (tertiary/aromatic N) is 1. The van der Waals surface area contributed by atoms with Gasteiger partial charge < -0.3 is 10.5 Å². The molecule has 2 aliphatic rings. The van der Waals surface area contributed by atoms with Gasteiger partial charge in [0.2, 0.25) is 5.88 Å². The molecule has 0 amide bonds. The minimum atomic E-state index is 0.260. The third kappa shape index (κ3) is 3.37. The molecule has 0 aromatic carbocycles. The van der Waals surface area contributed by atoms with Crippen LogP contribution < -0.4 is 10.5 Å². The Morgan fingerprint density at radius 1 is 1.29 bits per heavy atom. The fourth-order valence-corrected chi connectivity index (χ4v) is 3.67. The number of aromatic nitrogens is 1. The van der Waals surface area contributed by atoms with Crippen LogP contribution >= 0.6 is 12.2 Å². The molecule has 21 heavy (non-hydrogen) atoms. The Labute approximate surface area is 132 Å². The van der Waals surface area contributed by atoms with Crippen molar-refractivity contribution in [2.75, 3.05) is 0 Å². The number of ether oxygens (including phenoxy) is 1. The lowest BCUT2D eigenvalue weighted by Gasteiger charge is -2.28. The van der Waals surface area contributed by atoms with E-state index in [1.165, 1.54) is 36.9 Å². The molecule has 1 fully saturated rings. The first-order valence-corrected chi connectivity index (χ1v) is 8.53. The van der Waals surface area contributed by atoms with Gasteiger partial charge in [0.1, 0.15) is 11.1 Å². The van der Waals surface area contributed by atoms with Crippen LogP contribution in [0.3, 0.4) is 0 Å². The zero-order chi connectivity index (χ0) is 14.8. The molecule has 0 radical (unpaired) electrons. The topological polar surface area (TPSA) is 48.1 Å². The smallest absolute Gasteiger partial charge is 0.224 e. The van der Waals surface area contributed by atoms with E-state index in [-0.39, 0.29) is 6.10 Å². The number of fused-ring (bicyclic) bond motifs is 1. The number of hydrogen-bond donors (Lipinski definition) is 1. The summed E-state index contributed by atoms with van der Waals surface area (Å²) in [5, 5.41) is 0. The summed E-state index contributed by atoms with van der Waals surface area (Å²) in [6, 6.07) is 2.12. The molecule has 1 saturated carbocycles. The Kier molecular flexibility index (Phi) is 4.43. The summed E-state index contributed by atoms with van der Waals surface area (Å²) in [6.45, 7) is 2.30. The van der Waals surface area contributed by atoms with Crippen molar-refractivity contribution < 1.29 is 4.74 Å². The maximum atomic E-state index is 6.21. The van der Waals surface area contributed by atoms with Gasteiger partial charge in [-0.2, -0.15) is 0 Å². The van der Waals surface area contributed by atoms with Gasteiger partial charge in [-0.15, -0.1) is 0 Å². The van der Waals surface area contributed by atoms with Crippen molar-refractivity contribution in [2.45, 2.75) is 64.4 Å². The van der Waals surface area contributed by atoms with E-state index in [9.17, 15) is 0 Å². The van der Waals surface area contributed by atoms with Gasteiger partial charge in [-0.25, -0.2) is 4.98 Å². The third-order valence-corrected chi connectivity index (χ3v) is 4.92. The van der Waals surface area contributed by atoms with Crippen LogP contribution in [0.1, 0.15) is 62.3 Å². The highest BCUT2D eigenvalue weighted by molar-refractivity contribution is 7.80. The van der Waals surface area contributed by atoms with Gasteiger partial charge in [0.05, 0.1) is 5.56 Å². The first-order chi connectivity index (χ1) is 10.1. The van der Waals surface area contributed by atoms with Gasteiger partial charge in [-0.05, 0) is 62.5 Å². The van der Waals surface area contributed by atoms with Gasteiger partial charge in [-0.1, -0.05) is 25.6 Å². The maximum Gasteiger partial charge on any atom is 0.224 e. The van der Waals surface area contributed by atoms with Gasteiger partial charge in [-0.3, -0.25) is 0 Å². The van der Waals surface area contributed by atoms with Gasteiger partial charge in [0.25, 0.3) is 0 Å². The molecule has 114 valence electrons. The lowest BCUT2D eigenvalue weighted by Crippen LogP contribution is -2.26. The first-order valence-electron chi connectivity index (χ1n) is 8.12. The zero-order valence-electron chi connectivity index (χ0n) is 12.7. The molecule has 4 heteroatoms. The summed E-state index contributed by atoms with van der Waals surface area (Å²) in [5.74, 6) is 1.40. The normalized spacial score (nSPS) is 25.2. The number of hydrogen-bond acceptors (Lipinski definition) is 3. The van der Waals surface area contributed by atoms with Crippen molar-refractivity contribution in [3.8, 4) is 5.88 Å². The minimum Gasteiger partial charge on any atom is -0.474 e. The summed E-state index contributed by atoms with van der Waals surface area (Å²) in [6.07, 6.45) is 9.59. The Bertz CT molecular complexity index is 544. The van der Waals surface area contributed by atoms with Crippen molar-refractivity contribution in [3.05, 3.63) is 22.9 Å². The van der Waals surface area contributed by atoms with Crippen LogP contribution in [-0.2, 0) is 12.8 Å². The molecular formula is C17H24N2OS. The molecule has 1 aromatic heterocycles. The fourth-order valence-electron chi connectivity index (χ4n) is 3.52. The van der Waals surface area contributed by atoms with Crippen molar-refractivity contribution in [1.29, 1.82) is 0 Å². The second kappa shape index (κ2) is 6.30. The number of thiocarbonyl (C=S) groups is 1. The van der Waals surface area contributed by atoms with Crippen LogP contribution in [0.25, 0.3) is 0 Å². The molecule has 3 rings (SSSR count). The van der Waals surface area contributed by atoms with E-state index in [1.54, 1.807) is 0 Å². The summed E-state index contributed by atoms with van der Waals surface area (Å²) >= 11 is 5.20. The lowest BCUT2D eigenvalue weighted by molar-refractivity contribution is 0.123. The van der Waals surface area contributed by atoms with E-state index >= 15 is 0 Å². The molecule has 0 bridgehead atoms. The lowest BCUT2D eigenvalue weighted by atomic mass is 9.88. The molecule has 3 nitrogen and oxygen atoms in total. The van der Waals surface area contributed by atoms with E-state index in [0.29, 0.717) is 10.9 Å². The van der Waals surface area contributed by atoms with E-state index < -0.39 is 0 Å². The molecular weight excluding hydrogens is 280 g/mol. The van der Waals surface area contributed by atoms with Crippen molar-refractivity contribution in [3.63, 3.8) is 0 Å². The van der Waals surface area contributed by atoms with Crippen LogP contribution in [-0.4, -0.2) is 16.1 Å². The molecule has 2 N–H and O–H groups in total. The standard InChI is InChI=1S/C17H24N2OS/c1-11-5-4-7-13(9-11)20-17-14(16(18)21)10-12-6-2-3-8-15(12)19-17/h10-11,13H,2-9H2,1H3,(H2,18,21). The second-order valence-corrected chi connectivity index (χ2v) is 6.97. The Morgan fingerprint density at radius 2 is 2.10 bits per heavy atom. The molecule has 2 aliphatic carbocycles. The van der Waals surface area contributed by atoms with Gasteiger partial charge in [0.15, 0.2) is 0 Å². The van der Waals surface area contributed by atoms with E-state index in [0.717, 1.165) is 37.2 Å². The van der Waals surface area contributed by atoms with Crippen LogP contribution in [0, 0.1) is 5.92 Å². The third-order valence-electron chi connectivity index (χ3n) is 4.70. The molecule has 0 saturated heterocycles. The summed E-state index contributed by atoms with van der Waals surface area (Å²) in [5.41, 5.74) is 9.19. The molecule has 1 heterocycles. The van der Waals surface area contributed by atoms with Crippen LogP contribution in [0.5, 0.6) is 5.88 Å². The summed E-state index contributed by atoms with van der Waals surface area (Å²) in [4.78, 5) is 5.16. The highest BCUT2D eigenvalue weighted by Gasteiger charge is 2.24. The van der Waals surface area contributed by atoms with E-state index in [1.807, 2.05) is 0 Å². The molecule has 2 unspecified atom stereocenters. The number of nitrogens with two attached hydrogens (primary N) is 1. The summed E-state index contributed by atoms with van der Waals surface area (Å²) in [7, 11) is 0. The molecule has 0 aliphatic heterocycles. The number of rotatable bonds is 3. The highest BCUT2D eigenvalue weighted by Crippen LogP contribution is 2.30. The Balaban J connectivity index is 1.87. The maximum absolute atomic E-state index is 6.21. The molecule has 0 spiro atoms. The minimum absolute atomic E-state index is 0.260. The largest absolute Gasteiger partial charge is 0.474 e. The monoisotopic (exact) mass is 304 g/mol. The predicted molar refractivity (Wildman–Crippen MR) is 88.8 cm³/mol. The molecule has 2 atom stereocenters. The second-order valence-electron chi connectivity index (χ2n) is 6.53. The van der Waals surface area contributed by atoms with Crippen molar-refractivity contribution in [1.82, 2.24) is 4.98 Å². The van der Waals surface area contributed by atoms with Crippen LogP contribution in [0.4, 0.5) is 0 Å². The van der Waals surface area contributed by atoms with Crippen molar-refractivity contribution in [2.24, 2.45) is 11.7 Å². The van der Waals surface area contributed by atoms with Gasteiger partial charge >= 0.3 is 0 Å². The number of aryl methyl sites for hydroxylation is 2. The first kappa shape index (κ1) is 14.8. The Hall–Kier alpha value is -1.16. The van der Waals surface area contributed by atoms with Gasteiger partial charge in [0, 0.05) is 5.69 Å². The van der Waals surface area contributed by atoms with E-state index in [2.05, 4.69) is 13.0 Å². The zero-order valence-corrected chi connectivity index (χ0v) is 13.5. The van der Waals surface area contributed by atoms with Crippen molar-refractivity contribution >= 4 is 17.2 Å². The van der Waals surface area contributed by atoms with Crippen LogP contribution in [0.2, 0.25) is 0 Å². The predicted octanol–water partition coefficient (Wildman–Crippen LogP) is 3.55. The Morgan fingerprint density at radius 3 is 2.86 bits per heavy atom. The van der Waals surface area contributed by atoms with Crippen LogP contribution in [0.15, 0.2) is 6.07 Å². The highest BCUT2D eigenvalue weighted by atomic mass is 32.1. The quantitative estimate of drug-likeness (QED) is 0.868. The molecule has 1 aromatic rings. The number of pyridine rings is 1. The summed E-state index contributed by atoms with van der Waals surface area (Å²) < 4.78 is 6.21. The van der Waals surface area contributed by atoms with E-state index in [4.69, 9.17) is 27.7 Å². The SMILES string of the molecule is CC1CCCC(Oc2nc3c(cc2C(N)=S)CCCC3)C1. The average molecular weight is 304 g/mol. The fraction of sp³-hybridized carbons (Fsp3) is 0.647. The average Bonchev–Trinajstić information content (AvgIpc) is 2.46.